The third-order valence-electron chi connectivity index (χ3n) is 6.92. The Bertz CT molecular complexity index is 1440. The second-order valence-electron chi connectivity index (χ2n) is 10.0. The number of nitrogens with one attached hydrogen (secondary N) is 1. The van der Waals surface area contributed by atoms with Crippen molar-refractivity contribution in [3.63, 3.8) is 0 Å². The van der Waals surface area contributed by atoms with Crippen LogP contribution >= 0.6 is 0 Å². The van der Waals surface area contributed by atoms with Crippen LogP contribution < -0.4 is 5.32 Å². The summed E-state index contributed by atoms with van der Waals surface area (Å²) < 4.78 is 0. The maximum absolute atomic E-state index is 13.3. The van der Waals surface area contributed by atoms with Gasteiger partial charge in [-0.2, -0.15) is 5.26 Å². The van der Waals surface area contributed by atoms with Gasteiger partial charge >= 0.3 is 6.03 Å². The summed E-state index contributed by atoms with van der Waals surface area (Å²) in [5.74, 6) is -0.0807. The molecule has 44 heavy (non-hydrogen) atoms. The molecule has 3 aromatic carbocycles. The van der Waals surface area contributed by atoms with Crippen molar-refractivity contribution in [3.8, 4) is 11.8 Å². The molecule has 0 bridgehead atoms. The van der Waals surface area contributed by atoms with E-state index in [9.17, 15) is 19.6 Å². The second kappa shape index (κ2) is 16.5. The average molecular weight is 599 g/mol. The van der Waals surface area contributed by atoms with Crippen LogP contribution in [0.3, 0.4) is 0 Å². The van der Waals surface area contributed by atoms with E-state index in [0.717, 1.165) is 18.2 Å². The minimum absolute atomic E-state index is 0.0151. The summed E-state index contributed by atoms with van der Waals surface area (Å²) in [5, 5.41) is 31.0. The second-order valence-corrected chi connectivity index (χ2v) is 10.0. The number of piperazine rings is 1. The fraction of sp³-hybridized carbons (Fsp3) is 0.273. The molecule has 11 nitrogen and oxygen atoms in total. The number of fused-ring (bicyclic) bond motifs is 1. The molecule has 0 saturated carbocycles. The maximum Gasteiger partial charge on any atom is 0.334 e. The number of nitriles is 1. The number of rotatable bonds is 6. The summed E-state index contributed by atoms with van der Waals surface area (Å²) in [4.78, 5) is 42.1. The molecule has 1 atom stereocenters. The van der Waals surface area contributed by atoms with E-state index >= 15 is 0 Å². The third-order valence-corrected chi connectivity index (χ3v) is 6.92. The minimum atomic E-state index is -0.645. The Balaban J connectivity index is 0.000000454. The van der Waals surface area contributed by atoms with Crippen LogP contribution in [0.25, 0.3) is 0 Å². The summed E-state index contributed by atoms with van der Waals surface area (Å²) in [6.07, 6.45) is 0.994. The highest BCUT2D eigenvalue weighted by Crippen LogP contribution is 2.24. The molecular weight excluding hydrogens is 560 g/mol. The number of carbonyl (C=O) groups is 3. The van der Waals surface area contributed by atoms with Crippen molar-refractivity contribution in [2.45, 2.75) is 26.2 Å². The first-order chi connectivity index (χ1) is 21.3. The largest absolute Gasteiger partial charge is 0.508 e. The molecule has 2 saturated heterocycles. The zero-order chi connectivity index (χ0) is 32.1. The summed E-state index contributed by atoms with van der Waals surface area (Å²) in [5.41, 5.74) is 3.44. The van der Waals surface area contributed by atoms with Gasteiger partial charge in [0.05, 0.1) is 24.7 Å². The van der Waals surface area contributed by atoms with E-state index in [1.807, 2.05) is 55.5 Å². The smallest absolute Gasteiger partial charge is 0.334 e. The predicted octanol–water partition coefficient (Wildman–Crippen LogP) is 2.99. The molecule has 0 spiro atoms. The number of phenols is 1. The summed E-state index contributed by atoms with van der Waals surface area (Å²) in [7, 11) is 1.00. The quantitative estimate of drug-likeness (QED) is 0.371. The molecule has 2 heterocycles. The highest BCUT2D eigenvalue weighted by molar-refractivity contribution is 5.89. The van der Waals surface area contributed by atoms with Crippen LogP contribution in [0.1, 0.15) is 22.3 Å². The normalized spacial score (nSPS) is 16.0. The summed E-state index contributed by atoms with van der Waals surface area (Å²) in [6, 6.07) is 25.5. The molecule has 0 aliphatic carbocycles. The molecule has 3 N–H and O–H groups in total. The van der Waals surface area contributed by atoms with Gasteiger partial charge in [-0.3, -0.25) is 9.59 Å². The molecule has 4 amide bonds. The van der Waals surface area contributed by atoms with E-state index in [1.54, 1.807) is 46.3 Å². The van der Waals surface area contributed by atoms with Gasteiger partial charge in [-0.15, -0.1) is 6.58 Å². The van der Waals surface area contributed by atoms with Crippen LogP contribution in [0.5, 0.6) is 5.75 Å². The molecule has 2 fully saturated rings. The summed E-state index contributed by atoms with van der Waals surface area (Å²) >= 11 is 0. The number of aliphatic hydroxyl groups is 1. The highest BCUT2D eigenvalue weighted by Gasteiger charge is 2.46. The zero-order valence-electron chi connectivity index (χ0n) is 25.0. The number of nitrogens with zero attached hydrogens (tertiary/aromatic N) is 5. The maximum atomic E-state index is 13.3. The van der Waals surface area contributed by atoms with Crippen molar-refractivity contribution in [2.75, 3.05) is 33.3 Å². The number of hydrogen-bond acceptors (Lipinski definition) is 7. The number of urea groups is 1. The molecular formula is C33H38N6O5. The van der Waals surface area contributed by atoms with Gasteiger partial charge in [0, 0.05) is 26.7 Å². The first kappa shape index (κ1) is 33.3. The SMILES string of the molecule is C=CCN1CC(=O)N2CC(=O)N(Cc3cccc(C#N)c3)CC2N1C(=O)NCc1ccccc1.CO.Cc1ccc(O)cc1. The van der Waals surface area contributed by atoms with E-state index in [4.69, 9.17) is 10.2 Å². The number of hydrazine groups is 1. The standard InChI is InChI=1S/C25H26N6O3.C7H8O.CH4O/c1-2-11-29-17-24(33)30-18-23(32)28(15-21-10-6-9-20(12-21)13-26)16-22(30)31(29)25(34)27-14-19-7-4-3-5-8-19;1-6-2-4-7(8)5-3-6;1-2/h2-10,12,22H,1,11,14-18H2,(H,27,34);2-5,8H,1H3;2H,1H3. The van der Waals surface area contributed by atoms with Crippen LogP contribution in [0, 0.1) is 18.3 Å². The average Bonchev–Trinajstić information content (AvgIpc) is 3.04. The number of phenolic OH excluding ortho intramolecular Hbond substituents is 1. The van der Waals surface area contributed by atoms with E-state index in [-0.39, 0.29) is 44.0 Å². The Morgan fingerprint density at radius 2 is 1.68 bits per heavy atom. The number of benzene rings is 3. The van der Waals surface area contributed by atoms with Crippen LogP contribution in [-0.2, 0) is 22.7 Å². The number of aliphatic hydroxyl groups excluding tert-OH is 1. The fourth-order valence-corrected chi connectivity index (χ4v) is 4.80. The van der Waals surface area contributed by atoms with Crippen molar-refractivity contribution in [2.24, 2.45) is 0 Å². The first-order valence-electron chi connectivity index (χ1n) is 14.0. The van der Waals surface area contributed by atoms with E-state index in [0.29, 0.717) is 24.4 Å². The number of aryl methyl sites for hydroxylation is 1. The Hall–Kier alpha value is -5.18. The minimum Gasteiger partial charge on any atom is -0.508 e. The lowest BCUT2D eigenvalue weighted by Crippen LogP contribution is -2.73. The van der Waals surface area contributed by atoms with Crippen molar-refractivity contribution >= 4 is 17.8 Å². The van der Waals surface area contributed by atoms with Gasteiger partial charge in [-0.1, -0.05) is 66.2 Å². The van der Waals surface area contributed by atoms with E-state index in [2.05, 4.69) is 18.0 Å². The van der Waals surface area contributed by atoms with Crippen molar-refractivity contribution in [3.05, 3.63) is 114 Å². The molecule has 11 heteroatoms. The molecule has 2 aliphatic rings. The first-order valence-corrected chi connectivity index (χ1v) is 14.0. The molecule has 1 unspecified atom stereocenters. The summed E-state index contributed by atoms with van der Waals surface area (Å²) in [6.45, 7) is 6.71. The monoisotopic (exact) mass is 598 g/mol. The van der Waals surface area contributed by atoms with Crippen LogP contribution in [-0.4, -0.2) is 87.3 Å². The van der Waals surface area contributed by atoms with Crippen LogP contribution in [0.2, 0.25) is 0 Å². The topological polar surface area (TPSA) is 140 Å². The Morgan fingerprint density at radius 1 is 1.00 bits per heavy atom. The molecule has 0 radical (unpaired) electrons. The third kappa shape index (κ3) is 8.91. The lowest BCUT2D eigenvalue weighted by atomic mass is 10.1. The number of hydrogen-bond donors (Lipinski definition) is 3. The van der Waals surface area contributed by atoms with Gasteiger partial charge in [0.2, 0.25) is 11.8 Å². The lowest BCUT2D eigenvalue weighted by molar-refractivity contribution is -0.180. The van der Waals surface area contributed by atoms with Gasteiger partial charge in [-0.05, 0) is 42.3 Å². The molecule has 230 valence electrons. The van der Waals surface area contributed by atoms with Gasteiger partial charge < -0.3 is 25.3 Å². The molecule has 2 aliphatic heterocycles. The number of aromatic hydroxyl groups is 1. The number of amides is 4. The Morgan fingerprint density at radius 3 is 2.32 bits per heavy atom. The van der Waals surface area contributed by atoms with Gasteiger partial charge in [-0.25, -0.2) is 14.8 Å². The van der Waals surface area contributed by atoms with Gasteiger partial charge in [0.25, 0.3) is 0 Å². The molecule has 0 aromatic heterocycles. The van der Waals surface area contributed by atoms with Gasteiger partial charge in [0.15, 0.2) is 0 Å². The Labute approximate surface area is 257 Å². The van der Waals surface area contributed by atoms with E-state index in [1.165, 1.54) is 15.5 Å². The van der Waals surface area contributed by atoms with Crippen molar-refractivity contribution in [1.82, 2.24) is 25.1 Å². The van der Waals surface area contributed by atoms with Crippen molar-refractivity contribution in [1.29, 1.82) is 5.26 Å². The van der Waals surface area contributed by atoms with Crippen molar-refractivity contribution < 1.29 is 24.6 Å². The van der Waals surface area contributed by atoms with Crippen LogP contribution in [0.15, 0.2) is 91.5 Å². The van der Waals surface area contributed by atoms with Crippen LogP contribution in [0.4, 0.5) is 4.79 Å². The predicted molar refractivity (Wildman–Crippen MR) is 165 cm³/mol. The zero-order valence-corrected chi connectivity index (χ0v) is 25.0. The Kier molecular flexibility index (Phi) is 12.5. The molecule has 3 aromatic rings. The number of carbonyl (C=O) groups excluding carboxylic acids is 3. The lowest BCUT2D eigenvalue weighted by Gasteiger charge is -2.52. The molecule has 5 rings (SSSR count). The van der Waals surface area contributed by atoms with Gasteiger partial charge in [0.1, 0.15) is 18.5 Å². The fourth-order valence-electron chi connectivity index (χ4n) is 4.80. The highest BCUT2D eigenvalue weighted by atomic mass is 16.3. The van der Waals surface area contributed by atoms with E-state index < -0.39 is 6.17 Å².